The molecule has 27 heavy (non-hydrogen) atoms. The Kier molecular flexibility index (Phi) is 5.30. The van der Waals surface area contributed by atoms with Crippen LogP contribution in [0.5, 0.6) is 0 Å². The van der Waals surface area contributed by atoms with Crippen LogP contribution in [-0.4, -0.2) is 40.0 Å². The van der Waals surface area contributed by atoms with Crippen molar-refractivity contribution < 1.29 is 14.7 Å². The summed E-state index contributed by atoms with van der Waals surface area (Å²) in [7, 11) is 1.71. The zero-order valence-corrected chi connectivity index (χ0v) is 15.4. The number of fused-ring (bicyclic) bond motifs is 1. The lowest BCUT2D eigenvalue weighted by molar-refractivity contribution is 0.0697. The number of carboxylic acids is 1. The first-order valence-electron chi connectivity index (χ1n) is 8.97. The zero-order chi connectivity index (χ0) is 19.6. The van der Waals surface area contributed by atoms with Gasteiger partial charge < -0.3 is 19.9 Å². The van der Waals surface area contributed by atoms with Gasteiger partial charge in [0.2, 0.25) is 0 Å². The molecule has 0 bridgehead atoms. The molecule has 1 aliphatic heterocycles. The summed E-state index contributed by atoms with van der Waals surface area (Å²) >= 11 is 0. The van der Waals surface area contributed by atoms with Crippen molar-refractivity contribution in [2.24, 2.45) is 5.92 Å². The molecule has 2 aromatic rings. The predicted octanol–water partition coefficient (Wildman–Crippen LogP) is 2.27. The topological polar surface area (TPSA) is 91.6 Å². The smallest absolute Gasteiger partial charge is 0.335 e. The van der Waals surface area contributed by atoms with Gasteiger partial charge in [0.25, 0.3) is 11.5 Å². The molecule has 1 unspecified atom stereocenters. The summed E-state index contributed by atoms with van der Waals surface area (Å²) in [6, 6.07) is 9.65. The first-order chi connectivity index (χ1) is 12.9. The Bertz CT molecular complexity index is 935. The quantitative estimate of drug-likeness (QED) is 0.863. The number of nitrogens with zero attached hydrogens (tertiary/aromatic N) is 2. The third-order valence-corrected chi connectivity index (χ3v) is 5.03. The van der Waals surface area contributed by atoms with Gasteiger partial charge in [0.05, 0.1) is 12.1 Å². The van der Waals surface area contributed by atoms with Crippen molar-refractivity contribution >= 4 is 17.6 Å². The molecule has 0 aliphatic carbocycles. The van der Waals surface area contributed by atoms with Gasteiger partial charge in [-0.3, -0.25) is 9.59 Å². The van der Waals surface area contributed by atoms with Gasteiger partial charge in [0.1, 0.15) is 5.69 Å². The van der Waals surface area contributed by atoms with Crippen molar-refractivity contribution in [3.05, 3.63) is 63.6 Å². The van der Waals surface area contributed by atoms with E-state index in [1.807, 2.05) is 13.0 Å². The van der Waals surface area contributed by atoms with E-state index in [4.69, 9.17) is 5.11 Å². The van der Waals surface area contributed by atoms with Gasteiger partial charge >= 0.3 is 5.97 Å². The van der Waals surface area contributed by atoms with Crippen molar-refractivity contribution in [2.75, 3.05) is 18.9 Å². The fourth-order valence-electron chi connectivity index (χ4n) is 3.41. The van der Waals surface area contributed by atoms with Crippen molar-refractivity contribution in [3.8, 4) is 0 Å². The molecule has 7 nitrogen and oxygen atoms in total. The molecule has 1 aromatic heterocycles. The first-order valence-corrected chi connectivity index (χ1v) is 8.97. The largest absolute Gasteiger partial charge is 0.478 e. The number of nitrogens with one attached hydrogen (secondary N) is 1. The van der Waals surface area contributed by atoms with Crippen LogP contribution in [0.2, 0.25) is 0 Å². The fraction of sp³-hybridized carbons (Fsp3) is 0.350. The second kappa shape index (κ2) is 7.65. The van der Waals surface area contributed by atoms with E-state index in [2.05, 4.69) is 5.32 Å². The number of hydrogen-bond donors (Lipinski definition) is 2. The first kappa shape index (κ1) is 18.7. The van der Waals surface area contributed by atoms with Crippen LogP contribution in [0.3, 0.4) is 0 Å². The molecule has 7 heteroatoms. The number of carboxylic acid groups (broad SMARTS) is 1. The van der Waals surface area contributed by atoms with Crippen LogP contribution < -0.4 is 10.9 Å². The molecule has 1 aromatic carbocycles. The minimum atomic E-state index is -1.07. The van der Waals surface area contributed by atoms with E-state index >= 15 is 0 Å². The minimum Gasteiger partial charge on any atom is -0.478 e. The number of amides is 1. The Morgan fingerprint density at radius 2 is 1.93 bits per heavy atom. The molecule has 3 rings (SSSR count). The molecule has 1 aliphatic rings. The maximum Gasteiger partial charge on any atom is 0.335 e. The molecule has 1 atom stereocenters. The Labute approximate surface area is 157 Å². The van der Waals surface area contributed by atoms with Crippen LogP contribution in [0.25, 0.3) is 0 Å². The van der Waals surface area contributed by atoms with Gasteiger partial charge in [-0.05, 0) is 42.7 Å². The second-order valence-electron chi connectivity index (χ2n) is 6.75. The Hall–Kier alpha value is -3.09. The summed E-state index contributed by atoms with van der Waals surface area (Å²) in [5.41, 5.74) is 1.64. The lowest BCUT2D eigenvalue weighted by Crippen LogP contribution is -2.33. The van der Waals surface area contributed by atoms with E-state index in [0.29, 0.717) is 30.9 Å². The highest BCUT2D eigenvalue weighted by Crippen LogP contribution is 2.21. The lowest BCUT2D eigenvalue weighted by Gasteiger charge is -2.23. The standard InChI is InChI=1S/C20H23N3O4/c1-3-13-10-22(18(24)14-5-4-6-15(9-14)20(26)27)12-16-7-8-17(21-2)19(25)23(16)11-13/h4-9,13,21H,3,10-12H2,1-2H3,(H,26,27). The molecular formula is C20H23N3O4. The zero-order valence-electron chi connectivity index (χ0n) is 15.4. The molecule has 0 saturated carbocycles. The molecule has 142 valence electrons. The number of anilines is 1. The van der Waals surface area contributed by atoms with Crippen LogP contribution in [0.1, 0.15) is 39.8 Å². The highest BCUT2D eigenvalue weighted by atomic mass is 16.4. The van der Waals surface area contributed by atoms with E-state index < -0.39 is 5.97 Å². The Morgan fingerprint density at radius 1 is 1.19 bits per heavy atom. The van der Waals surface area contributed by atoms with E-state index in [-0.39, 0.29) is 22.9 Å². The maximum atomic E-state index is 13.0. The van der Waals surface area contributed by atoms with Crippen LogP contribution in [0.15, 0.2) is 41.2 Å². The molecule has 0 radical (unpaired) electrons. The average Bonchev–Trinajstić information content (AvgIpc) is 2.87. The normalized spacial score (nSPS) is 16.4. The third-order valence-electron chi connectivity index (χ3n) is 5.03. The average molecular weight is 369 g/mol. The third kappa shape index (κ3) is 3.72. The summed E-state index contributed by atoms with van der Waals surface area (Å²) in [6.07, 6.45) is 0.828. The number of pyridine rings is 1. The van der Waals surface area contributed by atoms with E-state index in [0.717, 1.165) is 12.1 Å². The molecule has 2 heterocycles. The van der Waals surface area contributed by atoms with Gasteiger partial charge in [-0.15, -0.1) is 0 Å². The van der Waals surface area contributed by atoms with Gasteiger partial charge in [0.15, 0.2) is 0 Å². The fourth-order valence-corrected chi connectivity index (χ4v) is 3.41. The van der Waals surface area contributed by atoms with Crippen molar-refractivity contribution in [2.45, 2.75) is 26.4 Å². The monoisotopic (exact) mass is 369 g/mol. The molecule has 2 N–H and O–H groups in total. The number of carbonyl (C=O) groups excluding carboxylic acids is 1. The summed E-state index contributed by atoms with van der Waals surface area (Å²) in [6.45, 7) is 3.42. The number of carbonyl (C=O) groups is 2. The van der Waals surface area contributed by atoms with Gasteiger partial charge in [-0.1, -0.05) is 13.0 Å². The Balaban J connectivity index is 1.98. The van der Waals surface area contributed by atoms with Crippen LogP contribution in [0, 0.1) is 5.92 Å². The molecule has 0 fully saturated rings. The van der Waals surface area contributed by atoms with Gasteiger partial charge in [0, 0.05) is 31.4 Å². The minimum absolute atomic E-state index is 0.0815. The molecular weight excluding hydrogens is 346 g/mol. The lowest BCUT2D eigenvalue weighted by atomic mass is 10.1. The number of rotatable bonds is 4. The number of hydrogen-bond acceptors (Lipinski definition) is 4. The van der Waals surface area contributed by atoms with E-state index in [1.165, 1.54) is 12.1 Å². The van der Waals surface area contributed by atoms with E-state index in [1.54, 1.807) is 34.7 Å². The van der Waals surface area contributed by atoms with Crippen LogP contribution in [-0.2, 0) is 13.1 Å². The SMILES string of the molecule is CCC1CN(C(=O)c2cccc(C(=O)O)c2)Cc2ccc(NC)c(=O)n2C1. The number of aromatic carboxylic acids is 1. The highest BCUT2D eigenvalue weighted by Gasteiger charge is 2.26. The molecule has 0 spiro atoms. The summed E-state index contributed by atoms with van der Waals surface area (Å²) in [4.78, 5) is 38.6. The predicted molar refractivity (Wildman–Crippen MR) is 102 cm³/mol. The van der Waals surface area contributed by atoms with Crippen molar-refractivity contribution in [3.63, 3.8) is 0 Å². The van der Waals surface area contributed by atoms with Crippen molar-refractivity contribution in [1.29, 1.82) is 0 Å². The Morgan fingerprint density at radius 3 is 2.59 bits per heavy atom. The van der Waals surface area contributed by atoms with Crippen LogP contribution in [0.4, 0.5) is 5.69 Å². The van der Waals surface area contributed by atoms with Gasteiger partial charge in [-0.2, -0.15) is 0 Å². The van der Waals surface area contributed by atoms with E-state index in [9.17, 15) is 14.4 Å². The number of aromatic nitrogens is 1. The molecule has 1 amide bonds. The second-order valence-corrected chi connectivity index (χ2v) is 6.75. The molecule has 0 saturated heterocycles. The summed E-state index contributed by atoms with van der Waals surface area (Å²) in [5.74, 6) is -1.15. The summed E-state index contributed by atoms with van der Waals surface area (Å²) < 4.78 is 1.74. The van der Waals surface area contributed by atoms with Crippen molar-refractivity contribution in [1.82, 2.24) is 9.47 Å². The van der Waals surface area contributed by atoms with Gasteiger partial charge in [-0.25, -0.2) is 4.79 Å². The van der Waals surface area contributed by atoms with Crippen LogP contribution >= 0.6 is 0 Å². The highest BCUT2D eigenvalue weighted by molar-refractivity contribution is 5.97. The maximum absolute atomic E-state index is 13.0. The number of benzene rings is 1. The summed E-state index contributed by atoms with van der Waals surface area (Å²) in [5, 5.41) is 12.1.